The standard InChI is InChI=1S/C16H24N6O/c1-16(2,3)15-19-18-13-4-5-14(20-22(13)15)21-8-6-11(7-9-21)10-12(17)23/h4-5,11H,6-10H2,1-3H3,(H2,17,23). The maximum absolute atomic E-state index is 11.0. The lowest BCUT2D eigenvalue weighted by molar-refractivity contribution is -0.119. The first-order chi connectivity index (χ1) is 10.8. The lowest BCUT2D eigenvalue weighted by Gasteiger charge is -2.32. The Labute approximate surface area is 135 Å². The molecule has 7 heteroatoms. The fourth-order valence-electron chi connectivity index (χ4n) is 3.07. The van der Waals surface area contributed by atoms with Crippen LogP contribution in [0.5, 0.6) is 0 Å². The number of fused-ring (bicyclic) bond motifs is 1. The molecule has 7 nitrogen and oxygen atoms in total. The van der Waals surface area contributed by atoms with Crippen LogP contribution in [-0.4, -0.2) is 38.8 Å². The lowest BCUT2D eigenvalue weighted by Crippen LogP contribution is -2.36. The molecule has 2 N–H and O–H groups in total. The minimum atomic E-state index is -0.206. The second-order valence-electron chi connectivity index (χ2n) is 7.34. The van der Waals surface area contributed by atoms with Crippen LogP contribution in [0.1, 0.15) is 45.9 Å². The average molecular weight is 316 g/mol. The molecule has 2 aromatic heterocycles. The van der Waals surface area contributed by atoms with Gasteiger partial charge < -0.3 is 10.6 Å². The summed E-state index contributed by atoms with van der Waals surface area (Å²) in [4.78, 5) is 13.3. The summed E-state index contributed by atoms with van der Waals surface area (Å²) in [6.45, 7) is 8.10. The Morgan fingerprint density at radius 2 is 1.96 bits per heavy atom. The van der Waals surface area contributed by atoms with E-state index in [0.29, 0.717) is 12.3 Å². The van der Waals surface area contributed by atoms with Crippen LogP contribution in [0.4, 0.5) is 5.82 Å². The Bertz CT molecular complexity index is 709. The summed E-state index contributed by atoms with van der Waals surface area (Å²) in [6, 6.07) is 3.95. The highest BCUT2D eigenvalue weighted by molar-refractivity contribution is 5.74. The van der Waals surface area contributed by atoms with Crippen LogP contribution < -0.4 is 10.6 Å². The molecule has 0 radical (unpaired) electrons. The Morgan fingerprint density at radius 1 is 1.26 bits per heavy atom. The summed E-state index contributed by atoms with van der Waals surface area (Å²) in [5.41, 5.74) is 5.95. The maximum atomic E-state index is 11.0. The molecule has 1 saturated heterocycles. The highest BCUT2D eigenvalue weighted by atomic mass is 16.1. The maximum Gasteiger partial charge on any atom is 0.217 e. The van der Waals surface area contributed by atoms with Gasteiger partial charge in [0.2, 0.25) is 5.91 Å². The van der Waals surface area contributed by atoms with Crippen LogP contribution in [0.2, 0.25) is 0 Å². The van der Waals surface area contributed by atoms with Gasteiger partial charge >= 0.3 is 0 Å². The first-order valence-electron chi connectivity index (χ1n) is 8.11. The molecule has 1 amide bonds. The smallest absolute Gasteiger partial charge is 0.217 e. The van der Waals surface area contributed by atoms with Crippen LogP contribution in [0.25, 0.3) is 5.65 Å². The van der Waals surface area contributed by atoms with Crippen LogP contribution in [0, 0.1) is 5.92 Å². The SMILES string of the molecule is CC(C)(C)c1nnc2ccc(N3CCC(CC(N)=O)CC3)nn12. The van der Waals surface area contributed by atoms with Gasteiger partial charge in [-0.05, 0) is 30.9 Å². The molecular formula is C16H24N6O. The number of aromatic nitrogens is 4. The minimum Gasteiger partial charge on any atom is -0.370 e. The summed E-state index contributed by atoms with van der Waals surface area (Å²) in [5, 5.41) is 13.2. The summed E-state index contributed by atoms with van der Waals surface area (Å²) in [5.74, 6) is 1.98. The Balaban J connectivity index is 1.80. The molecule has 0 atom stereocenters. The molecule has 124 valence electrons. The third kappa shape index (κ3) is 3.28. The predicted molar refractivity (Wildman–Crippen MR) is 88.2 cm³/mol. The van der Waals surface area contributed by atoms with E-state index in [0.717, 1.165) is 43.2 Å². The number of hydrogen-bond acceptors (Lipinski definition) is 5. The monoisotopic (exact) mass is 316 g/mol. The van der Waals surface area contributed by atoms with E-state index in [-0.39, 0.29) is 11.3 Å². The molecule has 0 spiro atoms. The first-order valence-corrected chi connectivity index (χ1v) is 8.11. The van der Waals surface area contributed by atoms with E-state index in [1.165, 1.54) is 0 Å². The van der Waals surface area contributed by atoms with E-state index in [2.05, 4.69) is 35.9 Å². The average Bonchev–Trinajstić information content (AvgIpc) is 2.90. The third-order valence-electron chi connectivity index (χ3n) is 4.35. The van der Waals surface area contributed by atoms with Crippen molar-refractivity contribution in [2.75, 3.05) is 18.0 Å². The summed E-state index contributed by atoms with van der Waals surface area (Å²) < 4.78 is 1.84. The van der Waals surface area contributed by atoms with Crippen molar-refractivity contribution < 1.29 is 4.79 Å². The molecule has 0 bridgehead atoms. The molecule has 0 aliphatic carbocycles. The van der Waals surface area contributed by atoms with Gasteiger partial charge in [0, 0.05) is 24.9 Å². The van der Waals surface area contributed by atoms with Crippen LogP contribution in [-0.2, 0) is 10.2 Å². The van der Waals surface area contributed by atoms with E-state index >= 15 is 0 Å². The van der Waals surface area contributed by atoms with Gasteiger partial charge in [0.25, 0.3) is 0 Å². The zero-order valence-electron chi connectivity index (χ0n) is 14.0. The fraction of sp³-hybridized carbons (Fsp3) is 0.625. The second kappa shape index (κ2) is 5.79. The number of nitrogens with two attached hydrogens (primary N) is 1. The Kier molecular flexibility index (Phi) is 3.95. The number of anilines is 1. The van der Waals surface area contributed by atoms with Crippen molar-refractivity contribution in [3.63, 3.8) is 0 Å². The van der Waals surface area contributed by atoms with Crippen molar-refractivity contribution in [2.45, 2.75) is 45.4 Å². The summed E-state index contributed by atoms with van der Waals surface area (Å²) in [6.07, 6.45) is 2.42. The van der Waals surface area contributed by atoms with Gasteiger partial charge in [-0.2, -0.15) is 4.52 Å². The van der Waals surface area contributed by atoms with Gasteiger partial charge in [-0.1, -0.05) is 20.8 Å². The van der Waals surface area contributed by atoms with E-state index in [1.54, 1.807) is 0 Å². The first kappa shape index (κ1) is 15.7. The van der Waals surface area contributed by atoms with Gasteiger partial charge in [0.1, 0.15) is 5.82 Å². The third-order valence-corrected chi connectivity index (χ3v) is 4.35. The van der Waals surface area contributed by atoms with Gasteiger partial charge in [-0.15, -0.1) is 15.3 Å². The molecule has 1 aliphatic rings. The van der Waals surface area contributed by atoms with E-state index < -0.39 is 0 Å². The van der Waals surface area contributed by atoms with Crippen LogP contribution in [0.3, 0.4) is 0 Å². The molecule has 0 aromatic carbocycles. The molecule has 0 saturated carbocycles. The summed E-state index contributed by atoms with van der Waals surface area (Å²) in [7, 11) is 0. The zero-order chi connectivity index (χ0) is 16.6. The normalized spacial score (nSPS) is 16.9. The Hall–Kier alpha value is -2.18. The number of amides is 1. The number of nitrogens with zero attached hydrogens (tertiary/aromatic N) is 5. The molecule has 0 unspecified atom stereocenters. The number of carbonyl (C=O) groups excluding carboxylic acids is 1. The quantitative estimate of drug-likeness (QED) is 0.927. The molecule has 3 heterocycles. The van der Waals surface area contributed by atoms with Crippen molar-refractivity contribution in [3.8, 4) is 0 Å². The molecular weight excluding hydrogens is 292 g/mol. The molecule has 3 rings (SSSR count). The number of hydrogen-bond donors (Lipinski definition) is 1. The van der Waals surface area contributed by atoms with Crippen molar-refractivity contribution in [1.82, 2.24) is 19.8 Å². The summed E-state index contributed by atoms with van der Waals surface area (Å²) >= 11 is 0. The van der Waals surface area contributed by atoms with Gasteiger partial charge in [0.05, 0.1) is 0 Å². The molecule has 1 fully saturated rings. The predicted octanol–water partition coefficient (Wildman–Crippen LogP) is 1.51. The topological polar surface area (TPSA) is 89.4 Å². The highest BCUT2D eigenvalue weighted by Crippen LogP contribution is 2.25. The van der Waals surface area contributed by atoms with Crippen LogP contribution >= 0.6 is 0 Å². The molecule has 23 heavy (non-hydrogen) atoms. The number of rotatable bonds is 3. The van der Waals surface area contributed by atoms with E-state index in [1.807, 2.05) is 16.6 Å². The molecule has 1 aliphatic heterocycles. The minimum absolute atomic E-state index is 0.112. The van der Waals surface area contributed by atoms with Crippen molar-refractivity contribution in [1.29, 1.82) is 0 Å². The van der Waals surface area contributed by atoms with Gasteiger partial charge in [-0.3, -0.25) is 4.79 Å². The second-order valence-corrected chi connectivity index (χ2v) is 7.34. The largest absolute Gasteiger partial charge is 0.370 e. The van der Waals surface area contributed by atoms with Gasteiger partial charge in [0.15, 0.2) is 11.5 Å². The highest BCUT2D eigenvalue weighted by Gasteiger charge is 2.24. The van der Waals surface area contributed by atoms with Crippen molar-refractivity contribution >= 4 is 17.4 Å². The van der Waals surface area contributed by atoms with Crippen LogP contribution in [0.15, 0.2) is 12.1 Å². The lowest BCUT2D eigenvalue weighted by atomic mass is 9.93. The zero-order valence-corrected chi connectivity index (χ0v) is 14.0. The van der Waals surface area contributed by atoms with Crippen molar-refractivity contribution in [3.05, 3.63) is 18.0 Å². The number of carbonyl (C=O) groups is 1. The van der Waals surface area contributed by atoms with Crippen molar-refractivity contribution in [2.24, 2.45) is 11.7 Å². The number of piperidine rings is 1. The molecule has 2 aromatic rings. The Morgan fingerprint density at radius 3 is 2.57 bits per heavy atom. The van der Waals surface area contributed by atoms with E-state index in [4.69, 9.17) is 10.8 Å². The van der Waals surface area contributed by atoms with E-state index in [9.17, 15) is 4.79 Å². The fourth-order valence-corrected chi connectivity index (χ4v) is 3.07. The van der Waals surface area contributed by atoms with Gasteiger partial charge in [-0.25, -0.2) is 0 Å². The number of primary amides is 1.